The fourth-order valence-electron chi connectivity index (χ4n) is 3.13. The number of hydrazone groups is 1. The van der Waals surface area contributed by atoms with Gasteiger partial charge in [0.15, 0.2) is 5.75 Å². The lowest BCUT2D eigenvalue weighted by molar-refractivity contribution is -0.385. The average Bonchev–Trinajstić information content (AvgIpc) is 2.85. The van der Waals surface area contributed by atoms with Crippen LogP contribution < -0.4 is 10.2 Å². The molecular weight excluding hydrogens is 611 g/mol. The molecule has 10 nitrogen and oxygen atoms in total. The largest absolute Gasteiger partial charge is 0.490 e. The van der Waals surface area contributed by atoms with Crippen LogP contribution in [-0.2, 0) is 21.4 Å². The van der Waals surface area contributed by atoms with Crippen molar-refractivity contribution in [3.05, 3.63) is 96.4 Å². The van der Waals surface area contributed by atoms with E-state index in [4.69, 9.17) is 27.9 Å². The topological polar surface area (TPSA) is 131 Å². The van der Waals surface area contributed by atoms with Crippen molar-refractivity contribution >= 4 is 67.0 Å². The van der Waals surface area contributed by atoms with Crippen LogP contribution in [0.5, 0.6) is 5.75 Å². The monoisotopic (exact) mass is 628 g/mol. The number of amides is 1. The van der Waals surface area contributed by atoms with E-state index in [2.05, 4.69) is 26.5 Å². The Kier molecular flexibility index (Phi) is 9.62. The summed E-state index contributed by atoms with van der Waals surface area (Å²) in [6.45, 7) is -0.798. The predicted octanol–water partition coefficient (Wildman–Crippen LogP) is 5.01. The van der Waals surface area contributed by atoms with E-state index in [9.17, 15) is 23.3 Å². The SMILES string of the molecule is COc1ccc(/C=N/NC(=O)CN(Cc2ccc(Cl)cc2Cl)S(=O)(=O)c2ccc(Br)cc2)cc1[N+](=O)[O-]. The third kappa shape index (κ3) is 7.49. The van der Waals surface area contributed by atoms with Gasteiger partial charge in [-0.1, -0.05) is 45.2 Å². The minimum absolute atomic E-state index is 0.0253. The lowest BCUT2D eigenvalue weighted by atomic mass is 10.2. The molecule has 1 N–H and O–H groups in total. The Labute approximate surface area is 231 Å². The number of nitro benzene ring substituents is 1. The number of nitro groups is 1. The highest BCUT2D eigenvalue weighted by Crippen LogP contribution is 2.27. The van der Waals surface area contributed by atoms with Gasteiger partial charge < -0.3 is 4.74 Å². The number of nitrogens with one attached hydrogen (secondary N) is 1. The molecule has 0 aliphatic heterocycles. The molecule has 3 aromatic carbocycles. The minimum atomic E-state index is -4.12. The van der Waals surface area contributed by atoms with Crippen LogP contribution in [0.3, 0.4) is 0 Å². The maximum absolute atomic E-state index is 13.4. The Bertz CT molecular complexity index is 1450. The summed E-state index contributed by atoms with van der Waals surface area (Å²) >= 11 is 15.5. The highest BCUT2D eigenvalue weighted by molar-refractivity contribution is 9.10. The summed E-state index contributed by atoms with van der Waals surface area (Å²) in [7, 11) is -2.81. The number of hydrogen-bond donors (Lipinski definition) is 1. The summed E-state index contributed by atoms with van der Waals surface area (Å²) in [6.07, 6.45) is 1.19. The normalized spacial score (nSPS) is 11.6. The Morgan fingerprint density at radius 2 is 1.86 bits per heavy atom. The number of rotatable bonds is 10. The average molecular weight is 630 g/mol. The number of hydrogen-bond acceptors (Lipinski definition) is 7. The first-order valence-electron chi connectivity index (χ1n) is 10.3. The molecule has 37 heavy (non-hydrogen) atoms. The zero-order valence-corrected chi connectivity index (χ0v) is 23.0. The van der Waals surface area contributed by atoms with Gasteiger partial charge in [-0.3, -0.25) is 14.9 Å². The molecule has 0 fully saturated rings. The molecule has 3 aromatic rings. The van der Waals surface area contributed by atoms with Crippen LogP contribution in [0.25, 0.3) is 0 Å². The molecule has 0 atom stereocenters. The van der Waals surface area contributed by atoms with Crippen LogP contribution in [0.15, 0.2) is 75.1 Å². The Hall–Kier alpha value is -3.03. The van der Waals surface area contributed by atoms with Gasteiger partial charge >= 0.3 is 5.69 Å². The van der Waals surface area contributed by atoms with Crippen molar-refractivity contribution in [3.63, 3.8) is 0 Å². The lowest BCUT2D eigenvalue weighted by Crippen LogP contribution is -2.39. The molecule has 0 aliphatic carbocycles. The zero-order valence-electron chi connectivity index (χ0n) is 19.1. The van der Waals surface area contributed by atoms with Gasteiger partial charge in [-0.25, -0.2) is 13.8 Å². The van der Waals surface area contributed by atoms with Crippen molar-refractivity contribution in [2.75, 3.05) is 13.7 Å². The molecule has 1 amide bonds. The number of carbonyl (C=O) groups excluding carboxylic acids is 1. The summed E-state index contributed by atoms with van der Waals surface area (Å²) in [5, 5.41) is 15.6. The van der Waals surface area contributed by atoms with Crippen molar-refractivity contribution < 1.29 is 22.9 Å². The summed E-state index contributed by atoms with van der Waals surface area (Å²) in [6, 6.07) is 14.7. The van der Waals surface area contributed by atoms with Gasteiger partial charge in [0.1, 0.15) is 0 Å². The third-order valence-electron chi connectivity index (χ3n) is 4.94. The number of halogens is 3. The standard InChI is InChI=1S/C23H19BrCl2N4O6S/c1-36-22-9-2-15(10-21(22)30(32)33)12-27-28-23(31)14-29(13-16-3-6-18(25)11-20(16)26)37(34,35)19-7-4-17(24)5-8-19/h2-12H,13-14H2,1H3,(H,28,31)/b27-12+. The van der Waals surface area contributed by atoms with Gasteiger partial charge in [0.05, 0.1) is 29.7 Å². The van der Waals surface area contributed by atoms with Crippen molar-refractivity contribution in [1.29, 1.82) is 0 Å². The predicted molar refractivity (Wildman–Crippen MR) is 144 cm³/mol. The number of carbonyl (C=O) groups is 1. The van der Waals surface area contributed by atoms with Gasteiger partial charge in [0.2, 0.25) is 10.0 Å². The molecule has 0 unspecified atom stereocenters. The fraction of sp³-hybridized carbons (Fsp3) is 0.130. The number of methoxy groups -OCH3 is 1. The summed E-state index contributed by atoms with van der Waals surface area (Å²) < 4.78 is 33.3. The Balaban J connectivity index is 1.82. The van der Waals surface area contributed by atoms with Gasteiger partial charge in [-0.15, -0.1) is 0 Å². The quantitative estimate of drug-likeness (QED) is 0.190. The molecule has 0 spiro atoms. The number of benzene rings is 3. The molecule has 0 radical (unpaired) electrons. The molecule has 3 rings (SSSR count). The second-order valence-corrected chi connectivity index (χ2v) is 11.1. The van der Waals surface area contributed by atoms with Crippen molar-refractivity contribution in [3.8, 4) is 5.75 Å². The molecule has 194 valence electrons. The van der Waals surface area contributed by atoms with E-state index in [1.165, 1.54) is 49.7 Å². The van der Waals surface area contributed by atoms with Crippen LogP contribution >= 0.6 is 39.1 Å². The highest BCUT2D eigenvalue weighted by atomic mass is 79.9. The van der Waals surface area contributed by atoms with Crippen LogP contribution in [0.1, 0.15) is 11.1 Å². The minimum Gasteiger partial charge on any atom is -0.490 e. The summed E-state index contributed by atoms with van der Waals surface area (Å²) in [5.74, 6) is -0.675. The van der Waals surface area contributed by atoms with Crippen molar-refractivity contribution in [1.82, 2.24) is 9.73 Å². The smallest absolute Gasteiger partial charge is 0.311 e. The van der Waals surface area contributed by atoms with Crippen LogP contribution in [0.2, 0.25) is 10.0 Å². The lowest BCUT2D eigenvalue weighted by Gasteiger charge is -2.22. The molecule has 0 aliphatic rings. The van der Waals surface area contributed by atoms with Gasteiger partial charge in [0, 0.05) is 32.7 Å². The first-order valence-corrected chi connectivity index (χ1v) is 13.3. The molecule has 14 heteroatoms. The molecule has 0 bridgehead atoms. The van der Waals surface area contributed by atoms with Crippen LogP contribution in [0, 0.1) is 10.1 Å². The second-order valence-electron chi connectivity index (χ2n) is 7.44. The molecule has 0 heterocycles. The Morgan fingerprint density at radius 1 is 1.16 bits per heavy atom. The van der Waals surface area contributed by atoms with Crippen LogP contribution in [-0.4, -0.2) is 43.4 Å². The van der Waals surface area contributed by atoms with E-state index < -0.39 is 27.4 Å². The van der Waals surface area contributed by atoms with Crippen molar-refractivity contribution in [2.45, 2.75) is 11.4 Å². The van der Waals surface area contributed by atoms with E-state index in [1.54, 1.807) is 24.3 Å². The molecule has 0 saturated heterocycles. The number of sulfonamides is 1. The molecule has 0 aromatic heterocycles. The van der Waals surface area contributed by atoms with E-state index >= 15 is 0 Å². The van der Waals surface area contributed by atoms with Gasteiger partial charge in [-0.05, 0) is 54.1 Å². The zero-order chi connectivity index (χ0) is 27.2. The first-order chi connectivity index (χ1) is 17.5. The molecule has 0 saturated carbocycles. The van der Waals surface area contributed by atoms with E-state index in [-0.39, 0.29) is 27.9 Å². The van der Waals surface area contributed by atoms with Gasteiger partial charge in [0.25, 0.3) is 5.91 Å². The van der Waals surface area contributed by atoms with E-state index in [0.29, 0.717) is 20.6 Å². The molecular formula is C23H19BrCl2N4O6S. The van der Waals surface area contributed by atoms with Gasteiger partial charge in [-0.2, -0.15) is 9.41 Å². The van der Waals surface area contributed by atoms with E-state index in [0.717, 1.165) is 4.31 Å². The highest BCUT2D eigenvalue weighted by Gasteiger charge is 2.27. The van der Waals surface area contributed by atoms with Crippen molar-refractivity contribution in [2.24, 2.45) is 5.10 Å². The maximum atomic E-state index is 13.4. The summed E-state index contributed by atoms with van der Waals surface area (Å²) in [5.41, 5.74) is 2.73. The number of nitrogens with zero attached hydrogens (tertiary/aromatic N) is 3. The second kappa shape index (κ2) is 12.5. The third-order valence-corrected chi connectivity index (χ3v) is 7.86. The maximum Gasteiger partial charge on any atom is 0.311 e. The summed E-state index contributed by atoms with van der Waals surface area (Å²) in [4.78, 5) is 23.2. The van der Waals surface area contributed by atoms with E-state index in [1.807, 2.05) is 0 Å². The fourth-order valence-corrected chi connectivity index (χ4v) is 5.23. The first kappa shape index (κ1) is 28.5. The van der Waals surface area contributed by atoms with Crippen LogP contribution in [0.4, 0.5) is 5.69 Å². The Morgan fingerprint density at radius 3 is 2.49 bits per heavy atom. The number of ether oxygens (including phenoxy) is 1.